The van der Waals surface area contributed by atoms with Crippen molar-refractivity contribution in [2.24, 2.45) is 50.7 Å². The number of benzene rings is 1. The molecular formula is C46H68ClNO5. The smallest absolute Gasteiger partial charge is 0.410 e. The highest BCUT2D eigenvalue weighted by atomic mass is 35.5. The molecule has 4 fully saturated rings. The summed E-state index contributed by atoms with van der Waals surface area (Å²) in [6, 6.07) is 7.69. The minimum atomic E-state index is -0.593. The highest BCUT2D eigenvalue weighted by molar-refractivity contribution is 6.30. The number of hydrogen-bond donors (Lipinski definition) is 0. The summed E-state index contributed by atoms with van der Waals surface area (Å²) in [6.07, 6.45) is 10.9. The Hall–Kier alpha value is -2.34. The van der Waals surface area contributed by atoms with Gasteiger partial charge in [-0.3, -0.25) is 9.59 Å². The Bertz CT molecular complexity index is 1620. The third kappa shape index (κ3) is 6.92. The molecule has 0 aliphatic heterocycles. The van der Waals surface area contributed by atoms with Crippen LogP contribution in [0.25, 0.3) is 0 Å². The molecule has 0 spiro atoms. The Morgan fingerprint density at radius 3 is 2.21 bits per heavy atom. The van der Waals surface area contributed by atoms with E-state index in [-0.39, 0.29) is 51.2 Å². The molecule has 0 radical (unpaired) electrons. The third-order valence-corrected chi connectivity index (χ3v) is 16.1. The van der Waals surface area contributed by atoms with Crippen molar-refractivity contribution >= 4 is 29.4 Å². The Labute approximate surface area is 325 Å². The van der Waals surface area contributed by atoms with Crippen LogP contribution >= 0.6 is 11.6 Å². The van der Waals surface area contributed by atoms with E-state index in [0.29, 0.717) is 48.1 Å². The van der Waals surface area contributed by atoms with Gasteiger partial charge in [0.15, 0.2) is 5.78 Å². The van der Waals surface area contributed by atoms with Crippen molar-refractivity contribution in [3.8, 4) is 0 Å². The predicted octanol–water partition coefficient (Wildman–Crippen LogP) is 11.8. The Balaban J connectivity index is 1.28. The fourth-order valence-electron chi connectivity index (χ4n) is 13.4. The number of carbonyl (C=O) groups excluding carboxylic acids is 3. The summed E-state index contributed by atoms with van der Waals surface area (Å²) in [6.45, 7) is 25.3. The van der Waals surface area contributed by atoms with E-state index in [2.05, 4.69) is 48.5 Å². The van der Waals surface area contributed by atoms with Crippen LogP contribution in [0.15, 0.2) is 35.4 Å². The number of amides is 1. The molecule has 294 valence electrons. The van der Waals surface area contributed by atoms with Crippen molar-refractivity contribution in [2.75, 3.05) is 6.54 Å². The fraction of sp³-hybridized carbons (Fsp3) is 0.761. The highest BCUT2D eigenvalue weighted by Crippen LogP contribution is 2.77. The summed E-state index contributed by atoms with van der Waals surface area (Å²) in [5, 5.41) is 0.674. The van der Waals surface area contributed by atoms with Gasteiger partial charge < -0.3 is 14.4 Å². The van der Waals surface area contributed by atoms with Gasteiger partial charge in [-0.2, -0.15) is 0 Å². The average Bonchev–Trinajstić information content (AvgIpc) is 3.34. The zero-order valence-corrected chi connectivity index (χ0v) is 35.5. The van der Waals surface area contributed by atoms with Crippen molar-refractivity contribution in [3.63, 3.8) is 0 Å². The average molecular weight is 751 g/mol. The first-order chi connectivity index (χ1) is 24.6. The molecule has 8 atom stereocenters. The maximum atomic E-state index is 14.2. The lowest BCUT2D eigenvalue weighted by molar-refractivity contribution is -0.232. The molecule has 1 aromatic carbocycles. The van der Waals surface area contributed by atoms with E-state index in [9.17, 15) is 14.4 Å². The first-order valence-corrected chi connectivity index (χ1v) is 21.1. The molecule has 0 heterocycles. The number of ketones is 1. The van der Waals surface area contributed by atoms with E-state index in [0.717, 1.165) is 62.5 Å². The molecule has 0 bridgehead atoms. The van der Waals surface area contributed by atoms with Gasteiger partial charge >= 0.3 is 12.1 Å². The number of rotatable bonds is 8. The van der Waals surface area contributed by atoms with Crippen LogP contribution < -0.4 is 0 Å². The number of halogens is 1. The van der Waals surface area contributed by atoms with E-state index in [1.54, 1.807) is 6.92 Å². The normalized spacial score (nSPS) is 36.3. The first-order valence-electron chi connectivity index (χ1n) is 20.8. The maximum absolute atomic E-state index is 14.2. The van der Waals surface area contributed by atoms with Gasteiger partial charge in [-0.25, -0.2) is 4.79 Å². The number of hydrogen-bond acceptors (Lipinski definition) is 5. The lowest BCUT2D eigenvalue weighted by Crippen LogP contribution is -2.65. The van der Waals surface area contributed by atoms with E-state index in [4.69, 9.17) is 21.1 Å². The monoisotopic (exact) mass is 749 g/mol. The van der Waals surface area contributed by atoms with Crippen LogP contribution in [0.5, 0.6) is 0 Å². The maximum Gasteiger partial charge on any atom is 0.410 e. The molecule has 53 heavy (non-hydrogen) atoms. The standard InChI is InChI=1S/C46H68ClNO5/c1-29(2)38-34(50)27-46(21-12-26-48(40(51)53-41(4,5)6)28-31-13-15-32(47)16-14-31)25-24-44(10)33(39(38)46)17-18-36-43(9)22-20-37(52-30(3)49)42(7,8)35(43)19-23-45(36,44)11/h13-16,29,33,35-37H,12,17-28H2,1-11H3/t33-,35+,36-,37+,43+,44-,45-,46+/m1/s1. The van der Waals surface area contributed by atoms with Crippen molar-refractivity contribution in [3.05, 3.63) is 46.0 Å². The molecule has 1 aromatic rings. The number of nitrogens with zero attached hydrogens (tertiary/aromatic N) is 1. The third-order valence-electron chi connectivity index (χ3n) is 15.8. The molecule has 7 heteroatoms. The van der Waals surface area contributed by atoms with Gasteiger partial charge in [0.1, 0.15) is 11.7 Å². The van der Waals surface area contributed by atoms with Crippen LogP contribution in [0, 0.1) is 50.7 Å². The van der Waals surface area contributed by atoms with E-state index in [1.165, 1.54) is 18.4 Å². The van der Waals surface area contributed by atoms with Crippen LogP contribution in [0.2, 0.25) is 5.02 Å². The SMILES string of the molecule is CC(=O)O[C@H]1CC[C@]2(C)[C@H]3CC[C@@H]4C5=C(C(C)C)C(=O)C[C@]5(CCCN(Cc5ccc(Cl)cc5)C(=O)OC(C)(C)C)CC[C@@]4(C)[C@]3(C)CC[C@H]2C1(C)C. The number of carbonyl (C=O) groups is 3. The van der Waals surface area contributed by atoms with Crippen molar-refractivity contribution < 1.29 is 23.9 Å². The van der Waals surface area contributed by atoms with E-state index < -0.39 is 5.60 Å². The van der Waals surface area contributed by atoms with Crippen LogP contribution in [-0.2, 0) is 25.6 Å². The number of ether oxygens (including phenoxy) is 2. The number of fused-ring (bicyclic) bond motifs is 7. The Kier molecular flexibility index (Phi) is 10.6. The molecule has 0 N–H and O–H groups in total. The van der Waals surface area contributed by atoms with Gasteiger partial charge in [-0.15, -0.1) is 0 Å². The largest absolute Gasteiger partial charge is 0.462 e. The zero-order chi connectivity index (χ0) is 38.9. The summed E-state index contributed by atoms with van der Waals surface area (Å²) in [5.41, 5.74) is 3.28. The van der Waals surface area contributed by atoms with Gasteiger partial charge in [0.2, 0.25) is 0 Å². The summed E-state index contributed by atoms with van der Waals surface area (Å²) < 4.78 is 11.9. The van der Waals surface area contributed by atoms with E-state index >= 15 is 0 Å². The first kappa shape index (κ1) is 40.3. The Morgan fingerprint density at radius 1 is 0.906 bits per heavy atom. The molecule has 6 rings (SSSR count). The molecule has 6 nitrogen and oxygen atoms in total. The number of Topliss-reactive ketones (excluding diaryl/α,β-unsaturated/α-hetero) is 1. The topological polar surface area (TPSA) is 72.9 Å². The van der Waals surface area contributed by atoms with Gasteiger partial charge in [0, 0.05) is 36.9 Å². The number of esters is 1. The quantitative estimate of drug-likeness (QED) is 0.247. The summed E-state index contributed by atoms with van der Waals surface area (Å²) >= 11 is 6.19. The Morgan fingerprint density at radius 2 is 1.58 bits per heavy atom. The molecule has 5 aliphatic carbocycles. The minimum absolute atomic E-state index is 0.0228. The lowest BCUT2D eigenvalue weighted by Gasteiger charge is -2.72. The van der Waals surface area contributed by atoms with Crippen LogP contribution in [-0.4, -0.2) is 41.0 Å². The van der Waals surface area contributed by atoms with Crippen molar-refractivity contribution in [1.29, 1.82) is 0 Å². The van der Waals surface area contributed by atoms with Crippen molar-refractivity contribution in [1.82, 2.24) is 4.90 Å². The van der Waals surface area contributed by atoms with Crippen LogP contribution in [0.3, 0.4) is 0 Å². The second kappa shape index (κ2) is 14.0. The number of allylic oxidation sites excluding steroid dienone is 2. The summed E-state index contributed by atoms with van der Waals surface area (Å²) in [7, 11) is 0. The van der Waals surface area contributed by atoms with Gasteiger partial charge in [-0.05, 0) is 154 Å². The van der Waals surface area contributed by atoms with Gasteiger partial charge in [0.25, 0.3) is 0 Å². The second-order valence-electron chi connectivity index (χ2n) is 20.6. The lowest BCUT2D eigenvalue weighted by atomic mass is 9.33. The van der Waals surface area contributed by atoms with Crippen LogP contribution in [0.1, 0.15) is 152 Å². The van der Waals surface area contributed by atoms with Crippen LogP contribution in [0.4, 0.5) is 4.79 Å². The molecule has 5 aliphatic rings. The molecule has 0 unspecified atom stereocenters. The summed E-state index contributed by atoms with van der Waals surface area (Å²) in [5.74, 6) is 1.89. The molecule has 1 amide bonds. The summed E-state index contributed by atoms with van der Waals surface area (Å²) in [4.78, 5) is 41.7. The highest BCUT2D eigenvalue weighted by Gasteiger charge is 2.70. The van der Waals surface area contributed by atoms with Crippen molar-refractivity contribution in [2.45, 2.75) is 165 Å². The predicted molar refractivity (Wildman–Crippen MR) is 212 cm³/mol. The zero-order valence-electron chi connectivity index (χ0n) is 34.8. The van der Waals surface area contributed by atoms with Gasteiger partial charge in [0.05, 0.1) is 0 Å². The molecule has 4 saturated carbocycles. The van der Waals surface area contributed by atoms with Gasteiger partial charge in [-0.1, -0.05) is 77.8 Å². The molecule has 0 aromatic heterocycles. The molecule has 0 saturated heterocycles. The second-order valence-corrected chi connectivity index (χ2v) is 21.0. The minimum Gasteiger partial charge on any atom is -0.462 e. The molecular weight excluding hydrogens is 682 g/mol. The van der Waals surface area contributed by atoms with E-state index in [1.807, 2.05) is 49.9 Å². The fourth-order valence-corrected chi connectivity index (χ4v) is 13.5.